The highest BCUT2D eigenvalue weighted by Gasteiger charge is 2.26. The lowest BCUT2D eigenvalue weighted by Gasteiger charge is -2.35. The van der Waals surface area contributed by atoms with Gasteiger partial charge in [0.1, 0.15) is 10.8 Å². The fraction of sp³-hybridized carbons (Fsp3) is 0.571. The van der Waals surface area contributed by atoms with E-state index in [4.69, 9.17) is 18.0 Å². The van der Waals surface area contributed by atoms with Crippen molar-refractivity contribution in [3.63, 3.8) is 0 Å². The Bertz CT molecular complexity index is 450. The molecule has 1 heterocycles. The highest BCUT2D eigenvalue weighted by atomic mass is 32.1. The number of nitrogens with zero attached hydrogens (tertiary/aromatic N) is 1. The number of thiocarbonyl (C=S) groups is 1. The summed E-state index contributed by atoms with van der Waals surface area (Å²) in [7, 11) is 0. The SMILES string of the molecule is Cc1cc(C(N)=S)cc(NC2(C)CCCCC2)n1. The second kappa shape index (κ2) is 5.22. The van der Waals surface area contributed by atoms with E-state index in [1.807, 2.05) is 19.1 Å². The maximum absolute atomic E-state index is 5.69. The lowest BCUT2D eigenvalue weighted by Crippen LogP contribution is -2.37. The molecule has 1 aromatic rings. The van der Waals surface area contributed by atoms with E-state index in [2.05, 4.69) is 17.2 Å². The van der Waals surface area contributed by atoms with Crippen LogP contribution in [0.4, 0.5) is 5.82 Å². The topological polar surface area (TPSA) is 50.9 Å². The van der Waals surface area contributed by atoms with Crippen molar-refractivity contribution in [3.8, 4) is 0 Å². The lowest BCUT2D eigenvalue weighted by atomic mass is 9.83. The van der Waals surface area contributed by atoms with E-state index < -0.39 is 0 Å². The zero-order chi connectivity index (χ0) is 13.2. The highest BCUT2D eigenvalue weighted by Crippen LogP contribution is 2.30. The van der Waals surface area contributed by atoms with Crippen LogP contribution in [-0.2, 0) is 0 Å². The van der Waals surface area contributed by atoms with Crippen molar-refractivity contribution in [2.24, 2.45) is 5.73 Å². The van der Waals surface area contributed by atoms with Crippen molar-refractivity contribution in [2.75, 3.05) is 5.32 Å². The summed E-state index contributed by atoms with van der Waals surface area (Å²) in [4.78, 5) is 4.96. The highest BCUT2D eigenvalue weighted by molar-refractivity contribution is 7.80. The maximum Gasteiger partial charge on any atom is 0.127 e. The molecular weight excluding hydrogens is 242 g/mol. The Morgan fingerprint density at radius 2 is 2.00 bits per heavy atom. The quantitative estimate of drug-likeness (QED) is 0.823. The smallest absolute Gasteiger partial charge is 0.127 e. The minimum atomic E-state index is 0.159. The summed E-state index contributed by atoms with van der Waals surface area (Å²) < 4.78 is 0. The molecule has 0 aromatic carbocycles. The van der Waals surface area contributed by atoms with Crippen molar-refractivity contribution in [1.29, 1.82) is 0 Å². The third-order valence-electron chi connectivity index (χ3n) is 3.62. The summed E-state index contributed by atoms with van der Waals surface area (Å²) in [6, 6.07) is 3.88. The second-order valence-electron chi connectivity index (χ2n) is 5.49. The van der Waals surface area contributed by atoms with Gasteiger partial charge in [-0.15, -0.1) is 0 Å². The number of aryl methyl sites for hydroxylation is 1. The molecule has 2 rings (SSSR count). The van der Waals surface area contributed by atoms with Crippen molar-refractivity contribution in [1.82, 2.24) is 4.98 Å². The zero-order valence-corrected chi connectivity index (χ0v) is 11.9. The van der Waals surface area contributed by atoms with Gasteiger partial charge in [-0.3, -0.25) is 0 Å². The van der Waals surface area contributed by atoms with E-state index in [-0.39, 0.29) is 5.54 Å². The molecule has 0 radical (unpaired) electrons. The summed E-state index contributed by atoms with van der Waals surface area (Å²) in [6.45, 7) is 4.24. The van der Waals surface area contributed by atoms with Gasteiger partial charge in [0.25, 0.3) is 0 Å². The summed E-state index contributed by atoms with van der Waals surface area (Å²) >= 11 is 5.04. The molecule has 1 aliphatic carbocycles. The number of hydrogen-bond acceptors (Lipinski definition) is 3. The molecule has 3 nitrogen and oxygen atoms in total. The Hall–Kier alpha value is -1.16. The number of nitrogens with two attached hydrogens (primary N) is 1. The Labute approximate surface area is 114 Å². The van der Waals surface area contributed by atoms with Crippen LogP contribution < -0.4 is 11.1 Å². The first kappa shape index (κ1) is 13.3. The van der Waals surface area contributed by atoms with Gasteiger partial charge in [0.2, 0.25) is 0 Å². The molecule has 4 heteroatoms. The average Bonchev–Trinajstić information content (AvgIpc) is 2.28. The number of rotatable bonds is 3. The maximum atomic E-state index is 5.69. The van der Waals surface area contributed by atoms with Crippen LogP contribution in [0, 0.1) is 6.92 Å². The van der Waals surface area contributed by atoms with E-state index in [1.54, 1.807) is 0 Å². The Balaban J connectivity index is 2.20. The number of pyridine rings is 1. The molecule has 1 aromatic heterocycles. The van der Waals surface area contributed by atoms with E-state index in [0.717, 1.165) is 17.1 Å². The number of hydrogen-bond donors (Lipinski definition) is 2. The van der Waals surface area contributed by atoms with Crippen molar-refractivity contribution < 1.29 is 0 Å². The standard InChI is InChI=1S/C14H21N3S/c1-10-8-11(13(15)18)9-12(16-10)17-14(2)6-4-3-5-7-14/h8-9H,3-7H2,1-2H3,(H2,15,18)(H,16,17). The van der Waals surface area contributed by atoms with Gasteiger partial charge in [-0.05, 0) is 38.8 Å². The van der Waals surface area contributed by atoms with E-state index >= 15 is 0 Å². The second-order valence-corrected chi connectivity index (χ2v) is 5.93. The van der Waals surface area contributed by atoms with Gasteiger partial charge in [-0.1, -0.05) is 31.5 Å². The molecule has 0 saturated heterocycles. The minimum Gasteiger partial charge on any atom is -0.389 e. The predicted molar refractivity (Wildman–Crippen MR) is 80.0 cm³/mol. The fourth-order valence-electron chi connectivity index (χ4n) is 2.64. The number of anilines is 1. The van der Waals surface area contributed by atoms with Crippen LogP contribution in [0.3, 0.4) is 0 Å². The largest absolute Gasteiger partial charge is 0.389 e. The van der Waals surface area contributed by atoms with Gasteiger partial charge in [0.15, 0.2) is 0 Å². The van der Waals surface area contributed by atoms with Crippen molar-refractivity contribution in [2.45, 2.75) is 51.5 Å². The van der Waals surface area contributed by atoms with E-state index in [0.29, 0.717) is 4.99 Å². The molecule has 0 aliphatic heterocycles. The van der Waals surface area contributed by atoms with Gasteiger partial charge in [0, 0.05) is 16.8 Å². The third-order valence-corrected chi connectivity index (χ3v) is 3.86. The molecule has 0 bridgehead atoms. The molecule has 98 valence electrons. The normalized spacial score (nSPS) is 18.3. The number of aromatic nitrogens is 1. The summed E-state index contributed by atoms with van der Waals surface area (Å²) in [6.07, 6.45) is 6.32. The molecule has 0 atom stereocenters. The first-order valence-electron chi connectivity index (χ1n) is 6.55. The van der Waals surface area contributed by atoms with Crippen LogP contribution in [-0.4, -0.2) is 15.5 Å². The van der Waals surface area contributed by atoms with Gasteiger partial charge in [-0.25, -0.2) is 4.98 Å². The monoisotopic (exact) mass is 263 g/mol. The van der Waals surface area contributed by atoms with Crippen molar-refractivity contribution >= 4 is 23.0 Å². The first-order valence-corrected chi connectivity index (χ1v) is 6.96. The van der Waals surface area contributed by atoms with Gasteiger partial charge < -0.3 is 11.1 Å². The van der Waals surface area contributed by atoms with Crippen molar-refractivity contribution in [3.05, 3.63) is 23.4 Å². The van der Waals surface area contributed by atoms with Crippen LogP contribution in [0.5, 0.6) is 0 Å². The van der Waals surface area contributed by atoms with E-state index in [1.165, 1.54) is 32.1 Å². The number of nitrogens with one attached hydrogen (secondary N) is 1. The summed E-state index contributed by atoms with van der Waals surface area (Å²) in [5.41, 5.74) is 7.69. The van der Waals surface area contributed by atoms with Crippen LogP contribution >= 0.6 is 12.2 Å². The summed E-state index contributed by atoms with van der Waals surface area (Å²) in [5, 5.41) is 3.57. The van der Waals surface area contributed by atoms with Gasteiger partial charge in [0.05, 0.1) is 0 Å². The molecular formula is C14H21N3S. The average molecular weight is 263 g/mol. The van der Waals surface area contributed by atoms with Crippen LogP contribution in [0.1, 0.15) is 50.3 Å². The van der Waals surface area contributed by atoms with Crippen LogP contribution in [0.15, 0.2) is 12.1 Å². The van der Waals surface area contributed by atoms with Crippen LogP contribution in [0.25, 0.3) is 0 Å². The molecule has 3 N–H and O–H groups in total. The Kier molecular flexibility index (Phi) is 3.85. The van der Waals surface area contributed by atoms with E-state index in [9.17, 15) is 0 Å². The molecule has 1 saturated carbocycles. The van der Waals surface area contributed by atoms with Gasteiger partial charge >= 0.3 is 0 Å². The molecule has 0 spiro atoms. The molecule has 18 heavy (non-hydrogen) atoms. The summed E-state index contributed by atoms with van der Waals surface area (Å²) in [5.74, 6) is 0.891. The first-order chi connectivity index (χ1) is 8.48. The predicted octanol–water partition coefficient (Wildman–Crippen LogP) is 3.16. The Morgan fingerprint density at radius 1 is 1.33 bits per heavy atom. The van der Waals surface area contributed by atoms with Gasteiger partial charge in [-0.2, -0.15) is 0 Å². The lowest BCUT2D eigenvalue weighted by molar-refractivity contribution is 0.348. The molecule has 0 amide bonds. The molecule has 1 aliphatic rings. The Morgan fingerprint density at radius 3 is 2.61 bits per heavy atom. The minimum absolute atomic E-state index is 0.159. The molecule has 1 fully saturated rings. The van der Waals surface area contributed by atoms with Crippen LogP contribution in [0.2, 0.25) is 0 Å². The third kappa shape index (κ3) is 3.19. The fourth-order valence-corrected chi connectivity index (χ4v) is 2.76. The molecule has 0 unspecified atom stereocenters. The zero-order valence-electron chi connectivity index (χ0n) is 11.1.